The molecule has 44 heavy (non-hydrogen) atoms. The fourth-order valence-electron chi connectivity index (χ4n) is 5.73. The molecule has 0 saturated carbocycles. The van der Waals surface area contributed by atoms with Gasteiger partial charge in [-0.1, -0.05) is 73.4 Å². The predicted octanol–water partition coefficient (Wildman–Crippen LogP) is 7.44. The zero-order valence-electron chi connectivity index (χ0n) is 24.3. The molecule has 4 aromatic carbocycles. The lowest BCUT2D eigenvalue weighted by atomic mass is 9.95. The van der Waals surface area contributed by atoms with Crippen LogP contribution in [-0.4, -0.2) is 39.9 Å². The zero-order valence-corrected chi connectivity index (χ0v) is 25.8. The molecule has 0 radical (unpaired) electrons. The van der Waals surface area contributed by atoms with Gasteiger partial charge in [0.2, 0.25) is 0 Å². The average molecular weight is 625 g/mol. The highest BCUT2D eigenvalue weighted by Crippen LogP contribution is 2.26. The van der Waals surface area contributed by atoms with Crippen molar-refractivity contribution in [2.45, 2.75) is 44.8 Å². The molecule has 222 valence electrons. The number of fused-ring (bicyclic) bond motifs is 4. The molecule has 7 nitrogen and oxygen atoms in total. The van der Waals surface area contributed by atoms with Gasteiger partial charge in [0.25, 0.3) is 11.8 Å². The number of carbonyl (C=O) groups is 2. The number of pyridine rings is 2. The van der Waals surface area contributed by atoms with Crippen molar-refractivity contribution in [1.29, 1.82) is 0 Å². The highest BCUT2D eigenvalue weighted by molar-refractivity contribution is 6.31. The van der Waals surface area contributed by atoms with Crippen LogP contribution in [0.5, 0.6) is 0 Å². The van der Waals surface area contributed by atoms with Gasteiger partial charge in [-0.25, -0.2) is 9.97 Å². The Balaban J connectivity index is 1.24. The van der Waals surface area contributed by atoms with Crippen molar-refractivity contribution < 1.29 is 9.59 Å². The Bertz CT molecular complexity index is 1920. The van der Waals surface area contributed by atoms with E-state index in [0.29, 0.717) is 56.1 Å². The number of aromatic nitrogens is 2. The number of amides is 2. The fourth-order valence-corrected chi connectivity index (χ4v) is 6.07. The quantitative estimate of drug-likeness (QED) is 0.153. The molecule has 2 heterocycles. The second-order valence-corrected chi connectivity index (χ2v) is 11.8. The number of nitrogens with zero attached hydrogens (tertiary/aromatic N) is 2. The molecule has 9 heteroatoms. The number of rotatable bonds is 8. The highest BCUT2D eigenvalue weighted by atomic mass is 35.5. The smallest absolute Gasteiger partial charge is 0.253 e. The summed E-state index contributed by atoms with van der Waals surface area (Å²) in [7, 11) is 0. The summed E-state index contributed by atoms with van der Waals surface area (Å²) in [4.78, 5) is 36.8. The van der Waals surface area contributed by atoms with Crippen LogP contribution in [0.15, 0.2) is 84.9 Å². The number of hydrogen-bond donors (Lipinski definition) is 3. The first-order valence-corrected chi connectivity index (χ1v) is 15.4. The monoisotopic (exact) mass is 623 g/mol. The van der Waals surface area contributed by atoms with Gasteiger partial charge in [0, 0.05) is 49.7 Å². The molecular formula is C35H31Cl2N5O2. The van der Waals surface area contributed by atoms with E-state index in [2.05, 4.69) is 10.6 Å². The third kappa shape index (κ3) is 5.78. The van der Waals surface area contributed by atoms with Crippen LogP contribution in [0.1, 0.15) is 47.4 Å². The third-order valence-corrected chi connectivity index (χ3v) is 8.61. The van der Waals surface area contributed by atoms with Crippen LogP contribution in [-0.2, 0) is 0 Å². The molecular weight excluding hydrogens is 593 g/mol. The Kier molecular flexibility index (Phi) is 8.36. The van der Waals surface area contributed by atoms with Gasteiger partial charge in [0.1, 0.15) is 0 Å². The maximum atomic E-state index is 13.6. The van der Waals surface area contributed by atoms with Crippen molar-refractivity contribution in [3.63, 3.8) is 0 Å². The van der Waals surface area contributed by atoms with Gasteiger partial charge in [0.05, 0.1) is 33.2 Å². The van der Waals surface area contributed by atoms with E-state index >= 15 is 0 Å². The number of hydrogen-bond acceptors (Lipinski definition) is 5. The third-order valence-electron chi connectivity index (χ3n) is 8.14. The van der Waals surface area contributed by atoms with E-state index in [1.54, 1.807) is 24.3 Å². The summed E-state index contributed by atoms with van der Waals surface area (Å²) in [5, 5.41) is 10.9. The van der Waals surface area contributed by atoms with E-state index in [9.17, 15) is 9.59 Å². The summed E-state index contributed by atoms with van der Waals surface area (Å²) in [6.45, 7) is 3.92. The van der Waals surface area contributed by atoms with E-state index in [1.165, 1.54) is 0 Å². The standard InChI is InChI=1S/C35H31Cl2N5O2/c1-3-27(41-34(43)25-9-5-7-21-15-19-11-13-23(36)17-29(19)39-32(21)25)31(38)28(4-2)42-35(44)26-10-6-8-22-16-20-12-14-24(37)18-30(20)40-33(22)26/h5-18,27-28,31H,3-4,38H2,1-2H3,(H,41,43)(H,42,44). The lowest BCUT2D eigenvalue weighted by molar-refractivity contribution is 0.0909. The van der Waals surface area contributed by atoms with Gasteiger partial charge in [-0.2, -0.15) is 0 Å². The maximum absolute atomic E-state index is 13.6. The number of benzene rings is 4. The van der Waals surface area contributed by atoms with Crippen molar-refractivity contribution in [3.8, 4) is 0 Å². The molecule has 2 amide bonds. The topological polar surface area (TPSA) is 110 Å². The van der Waals surface area contributed by atoms with Crippen molar-refractivity contribution in [2.24, 2.45) is 5.73 Å². The maximum Gasteiger partial charge on any atom is 0.253 e. The molecule has 6 rings (SSSR count). The van der Waals surface area contributed by atoms with Crippen LogP contribution in [0, 0.1) is 0 Å². The second kappa shape index (κ2) is 12.4. The molecule has 0 aliphatic heterocycles. The van der Waals surface area contributed by atoms with Gasteiger partial charge in [-0.15, -0.1) is 0 Å². The number of nitrogens with one attached hydrogen (secondary N) is 2. The van der Waals surface area contributed by atoms with Gasteiger partial charge >= 0.3 is 0 Å². The van der Waals surface area contributed by atoms with Gasteiger partial charge in [-0.3, -0.25) is 9.59 Å². The molecule has 0 aliphatic rings. The number of para-hydroxylation sites is 2. The summed E-state index contributed by atoms with van der Waals surface area (Å²) >= 11 is 12.4. The minimum atomic E-state index is -0.553. The molecule has 6 aromatic rings. The Morgan fingerprint density at radius 2 is 1.09 bits per heavy atom. The fraction of sp³-hybridized carbons (Fsp3) is 0.200. The Morgan fingerprint density at radius 3 is 1.50 bits per heavy atom. The van der Waals surface area contributed by atoms with Crippen LogP contribution in [0.3, 0.4) is 0 Å². The first kappa shape index (κ1) is 29.8. The molecule has 0 fully saturated rings. The molecule has 2 aromatic heterocycles. The average Bonchev–Trinajstić information content (AvgIpc) is 3.03. The lowest BCUT2D eigenvalue weighted by Crippen LogP contribution is -2.58. The molecule has 0 aliphatic carbocycles. The van der Waals surface area contributed by atoms with E-state index in [4.69, 9.17) is 38.9 Å². The summed E-state index contributed by atoms with van der Waals surface area (Å²) in [6, 6.07) is 24.7. The Hall–Kier alpha value is -4.30. The lowest BCUT2D eigenvalue weighted by Gasteiger charge is -2.31. The van der Waals surface area contributed by atoms with Crippen LogP contribution in [0.4, 0.5) is 0 Å². The van der Waals surface area contributed by atoms with E-state index in [1.807, 2.05) is 74.5 Å². The first-order valence-electron chi connectivity index (χ1n) is 14.6. The van der Waals surface area contributed by atoms with Crippen molar-refractivity contribution in [1.82, 2.24) is 20.6 Å². The zero-order chi connectivity index (χ0) is 31.0. The van der Waals surface area contributed by atoms with Crippen LogP contribution in [0.2, 0.25) is 10.0 Å². The van der Waals surface area contributed by atoms with Crippen molar-refractivity contribution in [2.75, 3.05) is 0 Å². The van der Waals surface area contributed by atoms with Crippen LogP contribution in [0.25, 0.3) is 43.6 Å². The minimum absolute atomic E-state index is 0.281. The number of nitrogens with two attached hydrogens (primary N) is 1. The molecule has 0 spiro atoms. The molecule has 2 atom stereocenters. The minimum Gasteiger partial charge on any atom is -0.348 e. The summed E-state index contributed by atoms with van der Waals surface area (Å²) in [6.07, 6.45) is 1.14. The van der Waals surface area contributed by atoms with E-state index < -0.39 is 18.1 Å². The Labute approximate surface area is 264 Å². The summed E-state index contributed by atoms with van der Waals surface area (Å²) < 4.78 is 0. The van der Waals surface area contributed by atoms with Gasteiger partial charge in [0.15, 0.2) is 0 Å². The molecule has 4 N–H and O–H groups in total. The van der Waals surface area contributed by atoms with Crippen LogP contribution < -0.4 is 16.4 Å². The Morgan fingerprint density at radius 1 is 0.659 bits per heavy atom. The van der Waals surface area contributed by atoms with E-state index in [-0.39, 0.29) is 11.8 Å². The van der Waals surface area contributed by atoms with Crippen molar-refractivity contribution in [3.05, 3.63) is 106 Å². The van der Waals surface area contributed by atoms with Gasteiger partial charge < -0.3 is 16.4 Å². The number of carbonyl (C=O) groups excluding carboxylic acids is 2. The first-order chi connectivity index (χ1) is 21.2. The summed E-state index contributed by atoms with van der Waals surface area (Å²) in [5.74, 6) is -0.562. The molecule has 0 saturated heterocycles. The normalized spacial score (nSPS) is 13.7. The largest absolute Gasteiger partial charge is 0.348 e. The highest BCUT2D eigenvalue weighted by Gasteiger charge is 2.28. The van der Waals surface area contributed by atoms with Gasteiger partial charge in [-0.05, 0) is 61.4 Å². The predicted molar refractivity (Wildman–Crippen MR) is 180 cm³/mol. The van der Waals surface area contributed by atoms with E-state index in [0.717, 1.165) is 21.5 Å². The molecule has 2 unspecified atom stereocenters. The second-order valence-electron chi connectivity index (χ2n) is 11.0. The molecule has 0 bridgehead atoms. The SMILES string of the molecule is CCC(NC(=O)c1cccc2cc3ccc(Cl)cc3nc12)C(N)C(CC)NC(=O)c1cccc2cc3ccc(Cl)cc3nc12. The van der Waals surface area contributed by atoms with Crippen LogP contribution >= 0.6 is 23.2 Å². The summed E-state index contributed by atoms with van der Waals surface area (Å²) in [5.41, 5.74) is 10.2. The number of halogens is 2. The van der Waals surface area contributed by atoms with Crippen molar-refractivity contribution >= 4 is 78.6 Å².